The third-order valence-corrected chi connectivity index (χ3v) is 2.99. The van der Waals surface area contributed by atoms with Crippen molar-refractivity contribution in [3.63, 3.8) is 0 Å². The topological polar surface area (TPSA) is 82.5 Å². The largest absolute Gasteiger partial charge is 0.386 e. The first kappa shape index (κ1) is 10.7. The van der Waals surface area contributed by atoms with Gasteiger partial charge < -0.3 is 5.73 Å². The van der Waals surface area contributed by atoms with E-state index in [1.165, 1.54) is 4.90 Å². The van der Waals surface area contributed by atoms with Gasteiger partial charge in [0, 0.05) is 7.05 Å². The number of hydrogen-bond acceptors (Lipinski definition) is 3. The summed E-state index contributed by atoms with van der Waals surface area (Å²) >= 11 is 0. The molecule has 1 aliphatic rings. The molecule has 0 atom stereocenters. The summed E-state index contributed by atoms with van der Waals surface area (Å²) in [6.07, 6.45) is 1.38. The van der Waals surface area contributed by atoms with Gasteiger partial charge in [-0.25, -0.2) is 4.79 Å². The number of rotatable bonds is 2. The highest BCUT2D eigenvalue weighted by Gasteiger charge is 2.43. The summed E-state index contributed by atoms with van der Waals surface area (Å²) in [5, 5.41) is 7.90. The Kier molecular flexibility index (Phi) is 2.59. The van der Waals surface area contributed by atoms with Crippen LogP contribution in [0.1, 0.15) is 26.7 Å². The van der Waals surface area contributed by atoms with Crippen LogP contribution >= 0.6 is 0 Å². The molecule has 5 heteroatoms. The molecule has 0 bridgehead atoms. The monoisotopic (exact) mass is 196 g/mol. The lowest BCUT2D eigenvalue weighted by atomic mass is 9.78. The average Bonchev–Trinajstić information content (AvgIpc) is 2.17. The second-order valence-corrected chi connectivity index (χ2v) is 3.48. The first-order chi connectivity index (χ1) is 6.49. The Morgan fingerprint density at radius 2 is 2.00 bits per heavy atom. The normalized spacial score (nSPS) is 21.1. The second kappa shape index (κ2) is 3.40. The van der Waals surface area contributed by atoms with E-state index in [4.69, 9.17) is 11.1 Å². The molecule has 2 amide bonds. The standard InChI is InChI=1S/C9H16N4O/c1-4-9(5-2)6(10)12-8(14)13(3)7(9)11/h11H,4-5H2,1-3H3,(H2,10,12,14). The molecule has 0 radical (unpaired) electrons. The van der Waals surface area contributed by atoms with Gasteiger partial charge in [-0.2, -0.15) is 4.99 Å². The maximum Gasteiger partial charge on any atom is 0.350 e. The molecule has 5 nitrogen and oxygen atoms in total. The SMILES string of the molecule is CCC1(CC)C(=N)N(C)C(=O)N=C1N. The molecule has 0 aromatic heterocycles. The number of aliphatic imine (C=N–C) groups is 1. The number of nitrogens with one attached hydrogen (secondary N) is 1. The minimum atomic E-state index is -0.553. The molecular weight excluding hydrogens is 180 g/mol. The van der Waals surface area contributed by atoms with Crippen LogP contribution in [0.15, 0.2) is 4.99 Å². The highest BCUT2D eigenvalue weighted by atomic mass is 16.2. The smallest absolute Gasteiger partial charge is 0.350 e. The lowest BCUT2D eigenvalue weighted by Crippen LogP contribution is -2.54. The third kappa shape index (κ3) is 1.20. The summed E-state index contributed by atoms with van der Waals surface area (Å²) in [6.45, 7) is 3.90. The summed E-state index contributed by atoms with van der Waals surface area (Å²) < 4.78 is 0. The maximum absolute atomic E-state index is 11.3. The zero-order valence-corrected chi connectivity index (χ0v) is 8.79. The van der Waals surface area contributed by atoms with Crippen molar-refractivity contribution in [1.82, 2.24) is 4.90 Å². The van der Waals surface area contributed by atoms with Gasteiger partial charge in [0.15, 0.2) is 0 Å². The quantitative estimate of drug-likeness (QED) is 0.695. The van der Waals surface area contributed by atoms with Crippen molar-refractivity contribution in [2.45, 2.75) is 26.7 Å². The molecule has 1 aliphatic heterocycles. The maximum atomic E-state index is 11.3. The van der Waals surface area contributed by atoms with Gasteiger partial charge in [-0.1, -0.05) is 13.8 Å². The predicted octanol–water partition coefficient (Wildman–Crippen LogP) is 1.19. The number of nitrogens with two attached hydrogens (primary N) is 1. The number of urea groups is 1. The molecule has 0 aliphatic carbocycles. The molecule has 1 rings (SSSR count). The molecule has 0 aromatic rings. The molecule has 0 unspecified atom stereocenters. The van der Waals surface area contributed by atoms with E-state index in [-0.39, 0.29) is 11.7 Å². The van der Waals surface area contributed by atoms with Crippen molar-refractivity contribution in [3.05, 3.63) is 0 Å². The molecular formula is C9H16N4O. The van der Waals surface area contributed by atoms with E-state index >= 15 is 0 Å². The molecule has 78 valence electrons. The van der Waals surface area contributed by atoms with E-state index in [2.05, 4.69) is 4.99 Å². The summed E-state index contributed by atoms with van der Waals surface area (Å²) in [4.78, 5) is 16.3. The summed E-state index contributed by atoms with van der Waals surface area (Å²) in [6, 6.07) is -0.454. The van der Waals surface area contributed by atoms with Gasteiger partial charge in [0.05, 0.1) is 5.41 Å². The van der Waals surface area contributed by atoms with Crippen LogP contribution in [0.5, 0.6) is 0 Å². The van der Waals surface area contributed by atoms with Gasteiger partial charge in [0.1, 0.15) is 11.7 Å². The average molecular weight is 196 g/mol. The number of nitrogens with zero attached hydrogens (tertiary/aromatic N) is 2. The van der Waals surface area contributed by atoms with Crippen LogP contribution in [0, 0.1) is 10.8 Å². The highest BCUT2D eigenvalue weighted by Crippen LogP contribution is 2.32. The summed E-state index contributed by atoms with van der Waals surface area (Å²) in [5.41, 5.74) is 5.19. The first-order valence-corrected chi connectivity index (χ1v) is 4.71. The van der Waals surface area contributed by atoms with Crippen LogP contribution in [-0.4, -0.2) is 29.6 Å². The fraction of sp³-hybridized carbons (Fsp3) is 0.667. The van der Waals surface area contributed by atoms with Gasteiger partial charge in [0.2, 0.25) is 0 Å². The highest BCUT2D eigenvalue weighted by molar-refractivity contribution is 6.18. The van der Waals surface area contributed by atoms with Crippen molar-refractivity contribution >= 4 is 17.7 Å². The minimum Gasteiger partial charge on any atom is -0.386 e. The van der Waals surface area contributed by atoms with E-state index in [0.29, 0.717) is 12.8 Å². The number of amides is 2. The van der Waals surface area contributed by atoms with Crippen molar-refractivity contribution in [3.8, 4) is 0 Å². The van der Waals surface area contributed by atoms with Crippen LogP contribution in [0.2, 0.25) is 0 Å². The van der Waals surface area contributed by atoms with Gasteiger partial charge >= 0.3 is 6.03 Å². The van der Waals surface area contributed by atoms with Crippen LogP contribution in [-0.2, 0) is 0 Å². The molecule has 14 heavy (non-hydrogen) atoms. The van der Waals surface area contributed by atoms with Crippen molar-refractivity contribution in [2.24, 2.45) is 16.1 Å². The second-order valence-electron chi connectivity index (χ2n) is 3.48. The molecule has 0 saturated heterocycles. The van der Waals surface area contributed by atoms with Gasteiger partial charge in [-0.3, -0.25) is 10.3 Å². The van der Waals surface area contributed by atoms with Crippen molar-refractivity contribution in [1.29, 1.82) is 5.41 Å². The summed E-state index contributed by atoms with van der Waals surface area (Å²) in [7, 11) is 1.56. The van der Waals surface area contributed by atoms with Gasteiger partial charge in [-0.15, -0.1) is 0 Å². The Bertz CT molecular complexity index is 304. The van der Waals surface area contributed by atoms with E-state index in [1.807, 2.05) is 13.8 Å². The van der Waals surface area contributed by atoms with E-state index in [0.717, 1.165) is 0 Å². The lowest BCUT2D eigenvalue weighted by Gasteiger charge is -2.38. The number of carbonyl (C=O) groups is 1. The fourth-order valence-electron chi connectivity index (χ4n) is 1.77. The van der Waals surface area contributed by atoms with Crippen LogP contribution in [0.4, 0.5) is 4.79 Å². The minimum absolute atomic E-state index is 0.250. The molecule has 0 aromatic carbocycles. The number of carbonyl (C=O) groups excluding carboxylic acids is 1. The van der Waals surface area contributed by atoms with Crippen molar-refractivity contribution in [2.75, 3.05) is 7.05 Å². The Balaban J connectivity index is 3.24. The van der Waals surface area contributed by atoms with E-state index in [1.54, 1.807) is 7.05 Å². The van der Waals surface area contributed by atoms with Gasteiger partial charge in [0.25, 0.3) is 0 Å². The predicted molar refractivity (Wildman–Crippen MR) is 55.5 cm³/mol. The first-order valence-electron chi connectivity index (χ1n) is 4.71. The molecule has 1 heterocycles. The van der Waals surface area contributed by atoms with Gasteiger partial charge in [-0.05, 0) is 12.8 Å². The zero-order chi connectivity index (χ0) is 10.9. The summed E-state index contributed by atoms with van der Waals surface area (Å²) in [5.74, 6) is 0.524. The Hall–Kier alpha value is -1.39. The fourth-order valence-corrected chi connectivity index (χ4v) is 1.77. The third-order valence-electron chi connectivity index (χ3n) is 2.99. The lowest BCUT2D eigenvalue weighted by molar-refractivity contribution is 0.230. The van der Waals surface area contributed by atoms with Crippen LogP contribution < -0.4 is 5.73 Å². The molecule has 0 saturated carbocycles. The molecule has 3 N–H and O–H groups in total. The van der Waals surface area contributed by atoms with Crippen LogP contribution in [0.25, 0.3) is 0 Å². The Labute approximate surface area is 83.5 Å². The molecule has 0 fully saturated rings. The Morgan fingerprint density at radius 3 is 2.43 bits per heavy atom. The zero-order valence-electron chi connectivity index (χ0n) is 8.79. The number of amidine groups is 2. The Morgan fingerprint density at radius 1 is 1.50 bits per heavy atom. The number of hydrogen-bond donors (Lipinski definition) is 2. The van der Waals surface area contributed by atoms with E-state index in [9.17, 15) is 4.79 Å². The molecule has 0 spiro atoms. The van der Waals surface area contributed by atoms with Crippen molar-refractivity contribution < 1.29 is 4.79 Å². The van der Waals surface area contributed by atoms with Crippen LogP contribution in [0.3, 0.4) is 0 Å². The van der Waals surface area contributed by atoms with E-state index < -0.39 is 11.4 Å².